The maximum absolute atomic E-state index is 5.26. The lowest BCUT2D eigenvalue weighted by atomic mass is 9.80. The van der Waals surface area contributed by atoms with Gasteiger partial charge in [-0.15, -0.1) is 0 Å². The van der Waals surface area contributed by atoms with E-state index in [2.05, 4.69) is 108 Å². The number of nitrogens with zero attached hydrogens (tertiary/aromatic N) is 2. The van der Waals surface area contributed by atoms with E-state index in [1.165, 1.54) is 65.3 Å². The van der Waals surface area contributed by atoms with Crippen LogP contribution in [0, 0.1) is 5.41 Å². The molecule has 0 amide bonds. The van der Waals surface area contributed by atoms with Crippen molar-refractivity contribution in [3.05, 3.63) is 72.3 Å². The molecule has 162 valence electrons. The van der Waals surface area contributed by atoms with Crippen molar-refractivity contribution in [3.63, 3.8) is 0 Å². The van der Waals surface area contributed by atoms with Gasteiger partial charge in [0.1, 0.15) is 7.85 Å². The van der Waals surface area contributed by atoms with Crippen LogP contribution < -0.4 is 11.1 Å². The van der Waals surface area contributed by atoms with E-state index in [1.807, 2.05) is 0 Å². The van der Waals surface area contributed by atoms with Gasteiger partial charge >= 0.3 is 0 Å². The molecular weight excluding hydrogens is 410 g/mol. The second-order valence-corrected chi connectivity index (χ2v) is 11.1. The first-order valence-electron chi connectivity index (χ1n) is 12.2. The van der Waals surface area contributed by atoms with Crippen LogP contribution in [0.4, 0.5) is 0 Å². The fourth-order valence-corrected chi connectivity index (χ4v) is 6.10. The van der Waals surface area contributed by atoms with Crippen molar-refractivity contribution in [1.82, 2.24) is 9.38 Å². The third-order valence-corrected chi connectivity index (χ3v) is 7.61. The Morgan fingerprint density at radius 3 is 2.26 bits per heavy atom. The normalized spacial score (nSPS) is 12.9. The summed E-state index contributed by atoms with van der Waals surface area (Å²) in [6.07, 6.45) is 1.00. The summed E-state index contributed by atoms with van der Waals surface area (Å²) < 4.78 is 2.55. The van der Waals surface area contributed by atoms with Crippen molar-refractivity contribution >= 4 is 86.5 Å². The van der Waals surface area contributed by atoms with Crippen LogP contribution in [0.1, 0.15) is 26.3 Å². The lowest BCUT2D eigenvalue weighted by Crippen LogP contribution is -2.29. The predicted octanol–water partition coefficient (Wildman–Crippen LogP) is 4.64. The maximum atomic E-state index is 5.26. The van der Waals surface area contributed by atoms with Gasteiger partial charge in [-0.3, -0.25) is 4.98 Å². The van der Waals surface area contributed by atoms with Crippen LogP contribution >= 0.6 is 0 Å². The zero-order valence-corrected chi connectivity index (χ0v) is 20.5. The monoisotopic (exact) mass is 436 g/mol. The fraction of sp³-hybridized carbons (Fsp3) is 0.167. The molecular formula is C30H26B2N2. The standard InChI is InChI=1S/C30H26B2N2/c1-30(2,3)15-22-17-9-5-4-8-16(17)14-21-26-24-20(25(31)29(32)33-26)13-12-19-18-10-6-7-11-23(18)34(27(21)22)28(19)24/h4-14H,15,31-32H2,1-3H3. The number of fused-ring (bicyclic) bond motifs is 7. The largest absolute Gasteiger partial charge is 0.308 e. The summed E-state index contributed by atoms with van der Waals surface area (Å²) in [5, 5.41) is 9.13. The quantitative estimate of drug-likeness (QED) is 0.208. The van der Waals surface area contributed by atoms with Crippen LogP contribution in [0.2, 0.25) is 0 Å². The highest BCUT2D eigenvalue weighted by Crippen LogP contribution is 2.43. The molecule has 4 heteroatoms. The van der Waals surface area contributed by atoms with E-state index in [9.17, 15) is 0 Å². The minimum absolute atomic E-state index is 0.156. The van der Waals surface area contributed by atoms with Crippen molar-refractivity contribution in [2.45, 2.75) is 27.2 Å². The van der Waals surface area contributed by atoms with Gasteiger partial charge in [-0.25, -0.2) is 0 Å². The first-order valence-corrected chi connectivity index (χ1v) is 12.2. The molecule has 0 saturated heterocycles. The summed E-state index contributed by atoms with van der Waals surface area (Å²) in [7, 11) is 4.36. The lowest BCUT2D eigenvalue weighted by Gasteiger charge is -2.23. The molecule has 4 aromatic carbocycles. The second kappa shape index (κ2) is 6.54. The van der Waals surface area contributed by atoms with Crippen LogP contribution in [0.3, 0.4) is 0 Å². The number of aromatic nitrogens is 2. The Labute approximate surface area is 200 Å². The molecule has 0 radical (unpaired) electrons. The minimum atomic E-state index is 0.156. The average molecular weight is 436 g/mol. The Balaban J connectivity index is 1.91. The van der Waals surface area contributed by atoms with Crippen LogP contribution in [-0.4, -0.2) is 25.1 Å². The van der Waals surface area contributed by atoms with Crippen molar-refractivity contribution in [1.29, 1.82) is 0 Å². The summed E-state index contributed by atoms with van der Waals surface area (Å²) in [6, 6.07) is 24.8. The van der Waals surface area contributed by atoms with Crippen molar-refractivity contribution in [2.75, 3.05) is 0 Å². The van der Waals surface area contributed by atoms with Gasteiger partial charge < -0.3 is 4.40 Å². The van der Waals surface area contributed by atoms with Crippen LogP contribution in [0.5, 0.6) is 0 Å². The van der Waals surface area contributed by atoms with Gasteiger partial charge in [0.25, 0.3) is 0 Å². The predicted molar refractivity (Wildman–Crippen MR) is 153 cm³/mol. The molecule has 0 aliphatic rings. The van der Waals surface area contributed by atoms with Crippen LogP contribution in [-0.2, 0) is 6.42 Å². The summed E-state index contributed by atoms with van der Waals surface area (Å²) in [4.78, 5) is 5.26. The Morgan fingerprint density at radius 2 is 1.47 bits per heavy atom. The van der Waals surface area contributed by atoms with Gasteiger partial charge in [-0.1, -0.05) is 80.8 Å². The summed E-state index contributed by atoms with van der Waals surface area (Å²) in [5.74, 6) is 0. The molecule has 3 heterocycles. The molecule has 3 aromatic heterocycles. The van der Waals surface area contributed by atoms with Gasteiger partial charge in [0.15, 0.2) is 7.85 Å². The molecule has 0 fully saturated rings. The number of rotatable bonds is 1. The highest BCUT2D eigenvalue weighted by Gasteiger charge is 2.24. The van der Waals surface area contributed by atoms with Crippen molar-refractivity contribution in [3.8, 4) is 0 Å². The van der Waals surface area contributed by atoms with Gasteiger partial charge in [0.05, 0.1) is 22.1 Å². The Bertz CT molecular complexity index is 1940. The Hall–Kier alpha value is -3.52. The van der Waals surface area contributed by atoms with Gasteiger partial charge in [0, 0.05) is 21.5 Å². The maximum Gasteiger partial charge on any atom is 0.163 e. The van der Waals surface area contributed by atoms with E-state index in [1.54, 1.807) is 0 Å². The molecule has 0 bridgehead atoms. The SMILES string of the molecule is Bc1nc2c3cc4ccccc4c(CC(C)(C)C)c3n3c4ccccc4c4ccc(c1B)c2c43. The molecule has 2 nitrogen and oxygen atoms in total. The molecule has 34 heavy (non-hydrogen) atoms. The van der Waals surface area contributed by atoms with E-state index >= 15 is 0 Å². The summed E-state index contributed by atoms with van der Waals surface area (Å²) in [5.41, 5.74) is 9.00. The van der Waals surface area contributed by atoms with Crippen molar-refractivity contribution < 1.29 is 0 Å². The third-order valence-electron chi connectivity index (χ3n) is 7.61. The van der Waals surface area contributed by atoms with E-state index in [0.717, 1.165) is 17.5 Å². The van der Waals surface area contributed by atoms with Crippen LogP contribution in [0.25, 0.3) is 59.8 Å². The molecule has 7 rings (SSSR count). The number of pyridine rings is 2. The molecule has 0 aliphatic heterocycles. The highest BCUT2D eigenvalue weighted by molar-refractivity contribution is 6.53. The number of hydrogen-bond donors (Lipinski definition) is 0. The van der Waals surface area contributed by atoms with Crippen molar-refractivity contribution in [2.24, 2.45) is 5.41 Å². The molecule has 7 aromatic rings. The Kier molecular flexibility index (Phi) is 3.83. The summed E-state index contributed by atoms with van der Waals surface area (Å²) in [6.45, 7) is 7.02. The summed E-state index contributed by atoms with van der Waals surface area (Å²) >= 11 is 0. The van der Waals surface area contributed by atoms with E-state index in [-0.39, 0.29) is 5.41 Å². The average Bonchev–Trinajstić information content (AvgIpc) is 3.15. The van der Waals surface area contributed by atoms with E-state index in [4.69, 9.17) is 4.98 Å². The first kappa shape index (κ1) is 19.9. The van der Waals surface area contributed by atoms with Gasteiger partial charge in [-0.05, 0) is 51.3 Å². The molecule has 0 atom stereocenters. The third kappa shape index (κ3) is 2.51. The van der Waals surface area contributed by atoms with E-state index in [0.29, 0.717) is 0 Å². The molecule has 0 spiro atoms. The minimum Gasteiger partial charge on any atom is -0.308 e. The van der Waals surface area contributed by atoms with Gasteiger partial charge in [-0.2, -0.15) is 0 Å². The zero-order chi connectivity index (χ0) is 23.4. The first-order chi connectivity index (χ1) is 16.3. The highest BCUT2D eigenvalue weighted by atomic mass is 14.9. The smallest absolute Gasteiger partial charge is 0.163 e. The number of para-hydroxylation sites is 1. The Morgan fingerprint density at radius 1 is 0.765 bits per heavy atom. The zero-order valence-electron chi connectivity index (χ0n) is 20.5. The molecule has 0 aliphatic carbocycles. The molecule has 0 unspecified atom stereocenters. The van der Waals surface area contributed by atoms with E-state index < -0.39 is 0 Å². The number of hydrogen-bond acceptors (Lipinski definition) is 1. The fourth-order valence-electron chi connectivity index (χ4n) is 6.10. The molecule has 0 saturated carbocycles. The topological polar surface area (TPSA) is 17.3 Å². The lowest BCUT2D eigenvalue weighted by molar-refractivity contribution is 0.413. The van der Waals surface area contributed by atoms with Gasteiger partial charge in [0.2, 0.25) is 0 Å². The second-order valence-electron chi connectivity index (χ2n) is 11.1. The van der Waals surface area contributed by atoms with Crippen LogP contribution in [0.15, 0.2) is 66.7 Å². The number of benzene rings is 4. The molecule has 0 N–H and O–H groups in total.